The van der Waals surface area contributed by atoms with Crippen molar-refractivity contribution in [2.24, 2.45) is 5.73 Å². The van der Waals surface area contributed by atoms with E-state index in [2.05, 4.69) is 10.6 Å². The van der Waals surface area contributed by atoms with E-state index in [1.54, 1.807) is 12.1 Å². The molecule has 0 aliphatic carbocycles. The molecule has 1 aromatic rings. The average Bonchev–Trinajstić information content (AvgIpc) is 2.46. The SMILES string of the molecule is CN(C)c1ccc(NC(=O)C[C@H](NCCCN)C(=O)O)cc1. The van der Waals surface area contributed by atoms with Gasteiger partial charge in [-0.25, -0.2) is 0 Å². The zero-order chi connectivity index (χ0) is 16.5. The number of nitrogens with one attached hydrogen (secondary N) is 2. The first kappa shape index (κ1) is 17.9. The molecule has 0 aliphatic heterocycles. The molecule has 1 aromatic carbocycles. The number of carboxylic acid groups (broad SMARTS) is 1. The molecule has 0 aliphatic rings. The van der Waals surface area contributed by atoms with Crippen molar-refractivity contribution >= 4 is 23.3 Å². The van der Waals surface area contributed by atoms with Crippen molar-refractivity contribution in [2.75, 3.05) is 37.4 Å². The molecule has 7 nitrogen and oxygen atoms in total. The van der Waals surface area contributed by atoms with Crippen molar-refractivity contribution in [3.8, 4) is 0 Å². The van der Waals surface area contributed by atoms with Crippen LogP contribution in [0.3, 0.4) is 0 Å². The van der Waals surface area contributed by atoms with Crippen LogP contribution in [0.2, 0.25) is 0 Å². The molecular formula is C15H24N4O3. The van der Waals surface area contributed by atoms with Crippen LogP contribution in [0, 0.1) is 0 Å². The maximum Gasteiger partial charge on any atom is 0.321 e. The first-order chi connectivity index (χ1) is 10.4. The standard InChI is InChI=1S/C15H24N4O3/c1-19(2)12-6-4-11(5-7-12)18-14(20)10-13(15(21)22)17-9-3-8-16/h4-7,13,17H,3,8-10,16H2,1-2H3,(H,18,20)(H,21,22)/t13-/m0/s1. The van der Waals surface area contributed by atoms with Crippen molar-refractivity contribution in [1.82, 2.24) is 5.32 Å². The number of hydrogen-bond donors (Lipinski definition) is 4. The molecule has 7 heteroatoms. The molecule has 0 aromatic heterocycles. The summed E-state index contributed by atoms with van der Waals surface area (Å²) in [5, 5.41) is 14.6. The summed E-state index contributed by atoms with van der Waals surface area (Å²) in [6.45, 7) is 0.946. The van der Waals surface area contributed by atoms with Gasteiger partial charge in [-0.2, -0.15) is 0 Å². The molecule has 0 saturated carbocycles. The lowest BCUT2D eigenvalue weighted by Gasteiger charge is -2.15. The summed E-state index contributed by atoms with van der Waals surface area (Å²) in [5.74, 6) is -1.39. The maximum atomic E-state index is 11.9. The molecule has 0 radical (unpaired) electrons. The Morgan fingerprint density at radius 2 is 1.91 bits per heavy atom. The van der Waals surface area contributed by atoms with Gasteiger partial charge in [-0.1, -0.05) is 0 Å². The number of aliphatic carboxylic acids is 1. The summed E-state index contributed by atoms with van der Waals surface area (Å²) in [6.07, 6.45) is 0.534. The van der Waals surface area contributed by atoms with E-state index in [1.807, 2.05) is 31.1 Å². The highest BCUT2D eigenvalue weighted by molar-refractivity contribution is 5.94. The molecule has 0 heterocycles. The molecule has 0 bridgehead atoms. The Morgan fingerprint density at radius 3 is 2.41 bits per heavy atom. The van der Waals surface area contributed by atoms with E-state index >= 15 is 0 Å². The van der Waals surface area contributed by atoms with Crippen LogP contribution >= 0.6 is 0 Å². The molecule has 5 N–H and O–H groups in total. The van der Waals surface area contributed by atoms with Gasteiger partial charge in [-0.15, -0.1) is 0 Å². The summed E-state index contributed by atoms with van der Waals surface area (Å²) in [6, 6.07) is 6.41. The second-order valence-corrected chi connectivity index (χ2v) is 5.18. The lowest BCUT2D eigenvalue weighted by Crippen LogP contribution is -2.40. The van der Waals surface area contributed by atoms with Crippen LogP contribution in [0.5, 0.6) is 0 Å². The number of rotatable bonds is 9. The molecule has 1 atom stereocenters. The zero-order valence-electron chi connectivity index (χ0n) is 13.0. The number of carbonyl (C=O) groups excluding carboxylic acids is 1. The second-order valence-electron chi connectivity index (χ2n) is 5.18. The fourth-order valence-corrected chi connectivity index (χ4v) is 1.87. The smallest absolute Gasteiger partial charge is 0.321 e. The lowest BCUT2D eigenvalue weighted by molar-refractivity contribution is -0.141. The van der Waals surface area contributed by atoms with E-state index < -0.39 is 12.0 Å². The van der Waals surface area contributed by atoms with Gasteiger partial charge in [-0.05, 0) is 43.8 Å². The van der Waals surface area contributed by atoms with Gasteiger partial charge in [0.25, 0.3) is 0 Å². The van der Waals surface area contributed by atoms with Crippen LogP contribution in [0.25, 0.3) is 0 Å². The highest BCUT2D eigenvalue weighted by Crippen LogP contribution is 2.15. The fraction of sp³-hybridized carbons (Fsp3) is 0.467. The highest BCUT2D eigenvalue weighted by atomic mass is 16.4. The number of nitrogens with zero attached hydrogens (tertiary/aromatic N) is 1. The van der Waals surface area contributed by atoms with Crippen molar-refractivity contribution in [3.05, 3.63) is 24.3 Å². The molecule has 0 spiro atoms. The zero-order valence-corrected chi connectivity index (χ0v) is 13.0. The third kappa shape index (κ3) is 6.11. The van der Waals surface area contributed by atoms with Crippen LogP contribution in [0.1, 0.15) is 12.8 Å². The lowest BCUT2D eigenvalue weighted by atomic mass is 10.2. The Bertz CT molecular complexity index is 488. The number of benzene rings is 1. The summed E-state index contributed by atoms with van der Waals surface area (Å²) in [4.78, 5) is 25.0. The number of hydrogen-bond acceptors (Lipinski definition) is 5. The number of carboxylic acids is 1. The predicted molar refractivity (Wildman–Crippen MR) is 87.1 cm³/mol. The maximum absolute atomic E-state index is 11.9. The number of amides is 1. The van der Waals surface area contributed by atoms with Crippen LogP contribution in [0.15, 0.2) is 24.3 Å². The minimum Gasteiger partial charge on any atom is -0.480 e. The summed E-state index contributed by atoms with van der Waals surface area (Å²) < 4.78 is 0. The average molecular weight is 308 g/mol. The fourth-order valence-electron chi connectivity index (χ4n) is 1.87. The van der Waals surface area contributed by atoms with Gasteiger partial charge in [0.2, 0.25) is 5.91 Å². The van der Waals surface area contributed by atoms with E-state index in [-0.39, 0.29) is 12.3 Å². The van der Waals surface area contributed by atoms with Gasteiger partial charge in [-0.3, -0.25) is 9.59 Å². The second kappa shape index (κ2) is 9.01. The Balaban J connectivity index is 2.53. The number of nitrogens with two attached hydrogens (primary N) is 1. The van der Waals surface area contributed by atoms with Crippen LogP contribution in [0.4, 0.5) is 11.4 Å². The molecule has 22 heavy (non-hydrogen) atoms. The topological polar surface area (TPSA) is 108 Å². The predicted octanol–water partition coefficient (Wildman–Crippen LogP) is 0.473. The quantitative estimate of drug-likeness (QED) is 0.494. The van der Waals surface area contributed by atoms with Crippen LogP contribution in [-0.4, -0.2) is 50.2 Å². The minimum absolute atomic E-state index is 0.130. The van der Waals surface area contributed by atoms with Crippen molar-refractivity contribution < 1.29 is 14.7 Å². The Morgan fingerprint density at radius 1 is 1.27 bits per heavy atom. The molecule has 122 valence electrons. The molecule has 1 amide bonds. The first-order valence-electron chi connectivity index (χ1n) is 7.17. The van der Waals surface area contributed by atoms with E-state index in [4.69, 9.17) is 10.8 Å². The largest absolute Gasteiger partial charge is 0.480 e. The molecule has 0 saturated heterocycles. The summed E-state index contributed by atoms with van der Waals surface area (Å²) >= 11 is 0. The summed E-state index contributed by atoms with van der Waals surface area (Å²) in [7, 11) is 3.86. The third-order valence-corrected chi connectivity index (χ3v) is 3.13. The van der Waals surface area contributed by atoms with Gasteiger partial charge >= 0.3 is 5.97 Å². The Labute approximate surface area is 130 Å². The van der Waals surface area contributed by atoms with Gasteiger partial charge in [0, 0.05) is 25.5 Å². The normalized spacial score (nSPS) is 11.8. The van der Waals surface area contributed by atoms with Crippen LogP contribution < -0.4 is 21.3 Å². The van der Waals surface area contributed by atoms with Crippen molar-refractivity contribution in [2.45, 2.75) is 18.9 Å². The number of carbonyl (C=O) groups is 2. The van der Waals surface area contributed by atoms with E-state index in [0.29, 0.717) is 25.2 Å². The Hall–Kier alpha value is -2.12. The van der Waals surface area contributed by atoms with E-state index in [0.717, 1.165) is 5.69 Å². The van der Waals surface area contributed by atoms with Gasteiger partial charge in [0.05, 0.1) is 6.42 Å². The van der Waals surface area contributed by atoms with E-state index in [9.17, 15) is 9.59 Å². The first-order valence-corrected chi connectivity index (χ1v) is 7.17. The molecule has 0 unspecified atom stereocenters. The molecule has 1 rings (SSSR count). The highest BCUT2D eigenvalue weighted by Gasteiger charge is 2.20. The number of anilines is 2. The van der Waals surface area contributed by atoms with E-state index in [1.165, 1.54) is 0 Å². The van der Waals surface area contributed by atoms with Crippen molar-refractivity contribution in [3.63, 3.8) is 0 Å². The third-order valence-electron chi connectivity index (χ3n) is 3.13. The van der Waals surface area contributed by atoms with Gasteiger partial charge in [0.15, 0.2) is 0 Å². The van der Waals surface area contributed by atoms with Gasteiger partial charge in [0.1, 0.15) is 6.04 Å². The molecular weight excluding hydrogens is 284 g/mol. The Kier molecular flexibility index (Phi) is 7.34. The van der Waals surface area contributed by atoms with Crippen molar-refractivity contribution in [1.29, 1.82) is 0 Å². The molecule has 0 fully saturated rings. The monoisotopic (exact) mass is 308 g/mol. The van der Waals surface area contributed by atoms with Gasteiger partial charge < -0.3 is 26.4 Å². The summed E-state index contributed by atoms with van der Waals surface area (Å²) in [5.41, 5.74) is 7.02. The van der Waals surface area contributed by atoms with Crippen LogP contribution in [-0.2, 0) is 9.59 Å². The minimum atomic E-state index is -1.05.